The van der Waals surface area contributed by atoms with Crippen molar-refractivity contribution in [2.75, 3.05) is 13.7 Å². The number of hydrogen-bond donors (Lipinski definition) is 1. The fraction of sp³-hybridized carbons (Fsp3) is 0.600. The van der Waals surface area contributed by atoms with Gasteiger partial charge in [-0.25, -0.2) is 4.39 Å². The summed E-state index contributed by atoms with van der Waals surface area (Å²) in [5.74, 6) is -0.161. The van der Waals surface area contributed by atoms with Crippen LogP contribution in [-0.2, 0) is 11.2 Å². The fourth-order valence-corrected chi connectivity index (χ4v) is 2.63. The first-order chi connectivity index (χ1) is 8.70. The van der Waals surface area contributed by atoms with Gasteiger partial charge in [-0.2, -0.15) is 0 Å². The van der Waals surface area contributed by atoms with Gasteiger partial charge < -0.3 is 10.1 Å². The van der Waals surface area contributed by atoms with Gasteiger partial charge in [-0.1, -0.05) is 6.07 Å². The van der Waals surface area contributed by atoms with Crippen molar-refractivity contribution in [3.63, 3.8) is 0 Å². The van der Waals surface area contributed by atoms with Crippen molar-refractivity contribution in [1.29, 1.82) is 0 Å². The van der Waals surface area contributed by atoms with Crippen LogP contribution in [0.1, 0.15) is 30.4 Å². The molecule has 2 rings (SSSR count). The van der Waals surface area contributed by atoms with Crippen LogP contribution >= 0.6 is 0 Å². The Hall–Kier alpha value is -0.930. The minimum atomic E-state index is -0.161. The van der Waals surface area contributed by atoms with Crippen molar-refractivity contribution in [1.82, 2.24) is 5.32 Å². The summed E-state index contributed by atoms with van der Waals surface area (Å²) in [5.41, 5.74) is 2.22. The SMILES string of the molecule is CNC(Cc1ccc(F)cc1C)C1CCCCO1. The van der Waals surface area contributed by atoms with Gasteiger partial charge in [-0.3, -0.25) is 0 Å². The van der Waals surface area contributed by atoms with E-state index in [1.54, 1.807) is 6.07 Å². The van der Waals surface area contributed by atoms with Crippen molar-refractivity contribution >= 4 is 0 Å². The van der Waals surface area contributed by atoms with Crippen molar-refractivity contribution in [3.05, 3.63) is 35.1 Å². The summed E-state index contributed by atoms with van der Waals surface area (Å²) < 4.78 is 18.9. The first-order valence-corrected chi connectivity index (χ1v) is 6.74. The Kier molecular flexibility index (Phi) is 4.72. The smallest absolute Gasteiger partial charge is 0.123 e. The van der Waals surface area contributed by atoms with Crippen molar-refractivity contribution in [2.24, 2.45) is 0 Å². The number of ether oxygens (including phenoxy) is 1. The van der Waals surface area contributed by atoms with Gasteiger partial charge >= 0.3 is 0 Å². The van der Waals surface area contributed by atoms with Crippen LogP contribution < -0.4 is 5.32 Å². The second-order valence-electron chi connectivity index (χ2n) is 5.08. The molecule has 0 saturated carbocycles. The van der Waals surface area contributed by atoms with Crippen LogP contribution in [0.3, 0.4) is 0 Å². The van der Waals surface area contributed by atoms with Gasteiger partial charge in [-0.05, 0) is 62.9 Å². The van der Waals surface area contributed by atoms with E-state index in [2.05, 4.69) is 5.32 Å². The van der Waals surface area contributed by atoms with Gasteiger partial charge in [-0.15, -0.1) is 0 Å². The summed E-state index contributed by atoms with van der Waals surface area (Å²) in [6, 6.07) is 5.34. The molecular weight excluding hydrogens is 229 g/mol. The van der Waals surface area contributed by atoms with Crippen LogP contribution in [0, 0.1) is 12.7 Å². The minimum Gasteiger partial charge on any atom is -0.377 e. The van der Waals surface area contributed by atoms with Crippen molar-refractivity contribution in [3.8, 4) is 0 Å². The first-order valence-electron chi connectivity index (χ1n) is 6.74. The van der Waals surface area contributed by atoms with E-state index < -0.39 is 0 Å². The van der Waals surface area contributed by atoms with Gasteiger partial charge in [0.2, 0.25) is 0 Å². The van der Waals surface area contributed by atoms with Crippen LogP contribution in [0.25, 0.3) is 0 Å². The highest BCUT2D eigenvalue weighted by atomic mass is 19.1. The predicted octanol–water partition coefficient (Wildman–Crippen LogP) is 2.83. The maximum absolute atomic E-state index is 13.1. The minimum absolute atomic E-state index is 0.161. The quantitative estimate of drug-likeness (QED) is 0.888. The van der Waals surface area contributed by atoms with E-state index in [0.29, 0.717) is 6.04 Å². The Morgan fingerprint density at radius 1 is 1.44 bits per heavy atom. The zero-order valence-electron chi connectivity index (χ0n) is 11.2. The van der Waals surface area contributed by atoms with Gasteiger partial charge in [0.15, 0.2) is 0 Å². The molecule has 1 aromatic carbocycles. The molecule has 1 fully saturated rings. The molecule has 100 valence electrons. The first kappa shape index (κ1) is 13.5. The number of halogens is 1. The summed E-state index contributed by atoms with van der Waals surface area (Å²) in [7, 11) is 1.97. The molecule has 18 heavy (non-hydrogen) atoms. The van der Waals surface area contributed by atoms with Gasteiger partial charge in [0.1, 0.15) is 5.82 Å². The van der Waals surface area contributed by atoms with Crippen LogP contribution in [0.2, 0.25) is 0 Å². The molecule has 1 N–H and O–H groups in total. The average Bonchev–Trinajstić information content (AvgIpc) is 2.39. The van der Waals surface area contributed by atoms with Gasteiger partial charge in [0.05, 0.1) is 6.10 Å². The van der Waals surface area contributed by atoms with E-state index in [-0.39, 0.29) is 11.9 Å². The zero-order chi connectivity index (χ0) is 13.0. The van der Waals surface area contributed by atoms with Crippen molar-refractivity contribution < 1.29 is 9.13 Å². The van der Waals surface area contributed by atoms with E-state index in [4.69, 9.17) is 4.74 Å². The Labute approximate surface area is 109 Å². The van der Waals surface area contributed by atoms with Crippen LogP contribution in [0.5, 0.6) is 0 Å². The molecule has 2 unspecified atom stereocenters. The molecule has 0 aromatic heterocycles. The third-order valence-electron chi connectivity index (χ3n) is 3.78. The Morgan fingerprint density at radius 3 is 2.89 bits per heavy atom. The van der Waals surface area contributed by atoms with E-state index in [0.717, 1.165) is 25.0 Å². The summed E-state index contributed by atoms with van der Waals surface area (Å²) in [5, 5.41) is 3.34. The average molecular weight is 251 g/mol. The lowest BCUT2D eigenvalue weighted by molar-refractivity contribution is -0.00589. The molecular formula is C15H22FNO. The molecule has 3 heteroatoms. The van der Waals surface area contributed by atoms with E-state index in [1.807, 2.05) is 20.0 Å². The summed E-state index contributed by atoms with van der Waals surface area (Å²) in [6.07, 6.45) is 4.71. The third kappa shape index (κ3) is 3.30. The summed E-state index contributed by atoms with van der Waals surface area (Å²) >= 11 is 0. The predicted molar refractivity (Wildman–Crippen MR) is 71.3 cm³/mol. The molecule has 1 aliphatic rings. The zero-order valence-corrected chi connectivity index (χ0v) is 11.2. The second kappa shape index (κ2) is 6.30. The normalized spacial score (nSPS) is 21.8. The lowest BCUT2D eigenvalue weighted by atomic mass is 9.94. The van der Waals surface area contributed by atoms with Gasteiger partial charge in [0, 0.05) is 12.6 Å². The molecule has 2 nitrogen and oxygen atoms in total. The highest BCUT2D eigenvalue weighted by molar-refractivity contribution is 5.27. The molecule has 1 heterocycles. The number of likely N-dealkylation sites (N-methyl/N-ethyl adjacent to an activating group) is 1. The Balaban J connectivity index is 2.04. The van der Waals surface area contributed by atoms with Crippen LogP contribution in [0.15, 0.2) is 18.2 Å². The molecule has 2 atom stereocenters. The number of benzene rings is 1. The molecule has 0 radical (unpaired) electrons. The van der Waals surface area contributed by atoms with Crippen LogP contribution in [-0.4, -0.2) is 25.8 Å². The number of hydrogen-bond acceptors (Lipinski definition) is 2. The molecule has 0 bridgehead atoms. The highest BCUT2D eigenvalue weighted by Crippen LogP contribution is 2.20. The lowest BCUT2D eigenvalue weighted by Gasteiger charge is -2.30. The fourth-order valence-electron chi connectivity index (χ4n) is 2.63. The van der Waals surface area contributed by atoms with E-state index >= 15 is 0 Å². The maximum Gasteiger partial charge on any atom is 0.123 e. The maximum atomic E-state index is 13.1. The molecule has 1 aromatic rings. The Bertz CT molecular complexity index is 388. The second-order valence-corrected chi connectivity index (χ2v) is 5.08. The third-order valence-corrected chi connectivity index (χ3v) is 3.78. The van der Waals surface area contributed by atoms with E-state index in [9.17, 15) is 4.39 Å². The topological polar surface area (TPSA) is 21.3 Å². The molecule has 0 amide bonds. The molecule has 0 aliphatic carbocycles. The summed E-state index contributed by atoms with van der Waals surface area (Å²) in [4.78, 5) is 0. The number of aryl methyl sites for hydroxylation is 1. The van der Waals surface area contributed by atoms with Gasteiger partial charge in [0.25, 0.3) is 0 Å². The van der Waals surface area contributed by atoms with Crippen molar-refractivity contribution in [2.45, 2.75) is 44.8 Å². The number of rotatable bonds is 4. The standard InChI is InChI=1S/C15H22FNO/c1-11-9-13(16)7-6-12(11)10-14(17-2)15-5-3-4-8-18-15/h6-7,9,14-15,17H,3-5,8,10H2,1-2H3. The monoisotopic (exact) mass is 251 g/mol. The highest BCUT2D eigenvalue weighted by Gasteiger charge is 2.23. The lowest BCUT2D eigenvalue weighted by Crippen LogP contribution is -2.42. The Morgan fingerprint density at radius 2 is 2.28 bits per heavy atom. The molecule has 1 aliphatic heterocycles. The molecule has 1 saturated heterocycles. The van der Waals surface area contributed by atoms with E-state index in [1.165, 1.54) is 24.5 Å². The summed E-state index contributed by atoms with van der Waals surface area (Å²) in [6.45, 7) is 2.83. The number of nitrogens with one attached hydrogen (secondary N) is 1. The molecule has 0 spiro atoms. The van der Waals surface area contributed by atoms with Crippen LogP contribution in [0.4, 0.5) is 4.39 Å². The largest absolute Gasteiger partial charge is 0.377 e.